The van der Waals surface area contributed by atoms with Crippen molar-refractivity contribution in [2.45, 2.75) is 17.2 Å². The molecule has 0 saturated carbocycles. The quantitative estimate of drug-likeness (QED) is 0.634. The van der Waals surface area contributed by atoms with Gasteiger partial charge in [-0.15, -0.1) is 11.3 Å². The summed E-state index contributed by atoms with van der Waals surface area (Å²) in [5.41, 5.74) is 2.55. The highest BCUT2D eigenvalue weighted by Crippen LogP contribution is 2.29. The van der Waals surface area contributed by atoms with E-state index in [1.165, 1.54) is 27.8 Å². The molecule has 0 unspecified atom stereocenters. The van der Waals surface area contributed by atoms with Crippen LogP contribution < -0.4 is 5.32 Å². The highest BCUT2D eigenvalue weighted by Gasteiger charge is 2.29. The number of rotatable bonds is 4. The molecule has 1 aliphatic heterocycles. The predicted octanol–water partition coefficient (Wildman–Crippen LogP) is 4.54. The molecule has 29 heavy (non-hydrogen) atoms. The Kier molecular flexibility index (Phi) is 5.44. The first-order valence-corrected chi connectivity index (χ1v) is 11.5. The van der Waals surface area contributed by atoms with Crippen molar-refractivity contribution < 1.29 is 17.6 Å². The molecule has 1 aliphatic rings. The predicted molar refractivity (Wildman–Crippen MR) is 111 cm³/mol. The minimum atomic E-state index is -3.54. The highest BCUT2D eigenvalue weighted by molar-refractivity contribution is 7.91. The molecule has 0 fully saturated rings. The largest absolute Gasteiger partial charge is 0.322 e. The standard InChI is InChI=1S/C20H16ClFN2O3S2/c21-18-11-15(22)4-6-17(18)20(25)23-16-5-3-13-7-8-24(12-14(13)10-16)29(26,27)19-2-1-9-28-19/h1-6,9-11H,7-8,12H2,(H,23,25). The minimum absolute atomic E-state index is 0.0219. The molecule has 5 nitrogen and oxygen atoms in total. The molecular formula is C20H16ClFN2O3S2. The summed E-state index contributed by atoms with van der Waals surface area (Å²) in [7, 11) is -3.54. The third-order valence-corrected chi connectivity index (χ3v) is 8.24. The lowest BCUT2D eigenvalue weighted by atomic mass is 10.0. The molecule has 4 rings (SSSR count). The highest BCUT2D eigenvalue weighted by atomic mass is 35.5. The normalized spacial score (nSPS) is 14.4. The van der Waals surface area contributed by atoms with E-state index in [1.54, 1.807) is 29.6 Å². The van der Waals surface area contributed by atoms with E-state index >= 15 is 0 Å². The van der Waals surface area contributed by atoms with Gasteiger partial charge in [0.05, 0.1) is 10.6 Å². The monoisotopic (exact) mass is 450 g/mol. The number of nitrogens with zero attached hydrogens (tertiary/aromatic N) is 1. The van der Waals surface area contributed by atoms with Gasteiger partial charge in [-0.1, -0.05) is 23.7 Å². The van der Waals surface area contributed by atoms with E-state index in [9.17, 15) is 17.6 Å². The summed E-state index contributed by atoms with van der Waals surface area (Å²) < 4.78 is 40.5. The molecule has 1 aromatic heterocycles. The van der Waals surface area contributed by atoms with Crippen molar-refractivity contribution in [2.24, 2.45) is 0 Å². The van der Waals surface area contributed by atoms with Crippen LogP contribution in [-0.2, 0) is 23.0 Å². The van der Waals surface area contributed by atoms with Crippen LogP contribution in [0.1, 0.15) is 21.5 Å². The zero-order valence-electron chi connectivity index (χ0n) is 15.1. The Bertz CT molecular complexity index is 1180. The van der Waals surface area contributed by atoms with Crippen molar-refractivity contribution in [1.82, 2.24) is 4.31 Å². The van der Waals surface area contributed by atoms with E-state index in [0.717, 1.165) is 17.2 Å². The number of thiophene rings is 1. The summed E-state index contributed by atoms with van der Waals surface area (Å²) in [4.78, 5) is 12.5. The third-order valence-electron chi connectivity index (χ3n) is 4.71. The van der Waals surface area contributed by atoms with Gasteiger partial charge in [-0.25, -0.2) is 12.8 Å². The number of halogens is 2. The lowest BCUT2D eigenvalue weighted by Crippen LogP contribution is -2.35. The molecule has 0 bridgehead atoms. The smallest absolute Gasteiger partial charge is 0.257 e. The van der Waals surface area contributed by atoms with Gasteiger partial charge in [0.2, 0.25) is 0 Å². The molecule has 0 atom stereocenters. The van der Waals surface area contributed by atoms with Crippen molar-refractivity contribution >= 4 is 44.6 Å². The Balaban J connectivity index is 1.55. The van der Waals surface area contributed by atoms with Crippen LogP contribution in [0.3, 0.4) is 0 Å². The van der Waals surface area contributed by atoms with Gasteiger partial charge in [0.15, 0.2) is 0 Å². The van der Waals surface area contributed by atoms with Gasteiger partial charge in [0.1, 0.15) is 10.0 Å². The third kappa shape index (κ3) is 4.06. The number of anilines is 1. The van der Waals surface area contributed by atoms with Crippen molar-refractivity contribution in [3.05, 3.63) is 81.4 Å². The topological polar surface area (TPSA) is 66.5 Å². The number of nitrogens with one attached hydrogen (secondary N) is 1. The zero-order valence-corrected chi connectivity index (χ0v) is 17.5. The summed E-state index contributed by atoms with van der Waals surface area (Å²) in [6.45, 7) is 0.640. The van der Waals surface area contributed by atoms with Gasteiger partial charge in [0, 0.05) is 18.8 Å². The van der Waals surface area contributed by atoms with Crippen LogP contribution in [0, 0.1) is 5.82 Å². The number of hydrogen-bond donors (Lipinski definition) is 1. The summed E-state index contributed by atoms with van der Waals surface area (Å²) in [5.74, 6) is -0.985. The maximum absolute atomic E-state index is 13.2. The molecule has 150 valence electrons. The second-order valence-corrected chi connectivity index (χ2v) is 10.1. The van der Waals surface area contributed by atoms with Crippen LogP contribution in [0.5, 0.6) is 0 Å². The fourth-order valence-corrected chi connectivity index (χ4v) is 6.04. The fourth-order valence-electron chi connectivity index (χ4n) is 3.22. The van der Waals surface area contributed by atoms with Crippen molar-refractivity contribution in [2.75, 3.05) is 11.9 Å². The molecule has 0 aliphatic carbocycles. The lowest BCUT2D eigenvalue weighted by molar-refractivity contribution is 0.102. The molecular weight excluding hydrogens is 435 g/mol. The van der Waals surface area contributed by atoms with Gasteiger partial charge >= 0.3 is 0 Å². The molecule has 1 N–H and O–H groups in total. The van der Waals surface area contributed by atoms with Crippen LogP contribution in [0.15, 0.2) is 58.1 Å². The fraction of sp³-hybridized carbons (Fsp3) is 0.150. The van der Waals surface area contributed by atoms with E-state index in [1.807, 2.05) is 6.07 Å². The number of carbonyl (C=O) groups excluding carboxylic acids is 1. The molecule has 0 radical (unpaired) electrons. The Morgan fingerprint density at radius 1 is 1.14 bits per heavy atom. The van der Waals surface area contributed by atoms with Gasteiger partial charge < -0.3 is 5.32 Å². The molecule has 3 aromatic rings. The Morgan fingerprint density at radius 3 is 2.69 bits per heavy atom. The Morgan fingerprint density at radius 2 is 1.97 bits per heavy atom. The number of hydrogen-bond acceptors (Lipinski definition) is 4. The van der Waals surface area contributed by atoms with Gasteiger partial charge in [0.25, 0.3) is 15.9 Å². The van der Waals surface area contributed by atoms with E-state index in [0.29, 0.717) is 22.9 Å². The van der Waals surface area contributed by atoms with E-state index in [-0.39, 0.29) is 17.1 Å². The molecule has 2 aromatic carbocycles. The van der Waals surface area contributed by atoms with Crippen LogP contribution in [0.25, 0.3) is 0 Å². The van der Waals surface area contributed by atoms with Crippen LogP contribution in [0.2, 0.25) is 5.02 Å². The first-order chi connectivity index (χ1) is 13.8. The van der Waals surface area contributed by atoms with Crippen LogP contribution >= 0.6 is 22.9 Å². The number of sulfonamides is 1. The average molecular weight is 451 g/mol. The number of benzene rings is 2. The van der Waals surface area contributed by atoms with Gasteiger partial charge in [-0.3, -0.25) is 4.79 Å². The van der Waals surface area contributed by atoms with E-state index in [4.69, 9.17) is 11.6 Å². The Hall–Kier alpha value is -2.26. The zero-order chi connectivity index (χ0) is 20.6. The summed E-state index contributed by atoms with van der Waals surface area (Å²) >= 11 is 7.14. The average Bonchev–Trinajstić information content (AvgIpc) is 3.23. The lowest BCUT2D eigenvalue weighted by Gasteiger charge is -2.28. The number of carbonyl (C=O) groups is 1. The first-order valence-electron chi connectivity index (χ1n) is 8.76. The number of amides is 1. The van der Waals surface area contributed by atoms with Crippen molar-refractivity contribution in [3.63, 3.8) is 0 Å². The SMILES string of the molecule is O=C(Nc1ccc2c(c1)CN(S(=O)(=O)c1cccs1)CC2)c1ccc(F)cc1Cl. The summed E-state index contributed by atoms with van der Waals surface area (Å²) in [6, 6.07) is 12.3. The van der Waals surface area contributed by atoms with Crippen LogP contribution in [-0.4, -0.2) is 25.2 Å². The maximum atomic E-state index is 13.2. The number of fused-ring (bicyclic) bond motifs is 1. The second kappa shape index (κ2) is 7.87. The maximum Gasteiger partial charge on any atom is 0.257 e. The molecule has 0 spiro atoms. The van der Waals surface area contributed by atoms with Crippen molar-refractivity contribution in [3.8, 4) is 0 Å². The molecule has 2 heterocycles. The van der Waals surface area contributed by atoms with E-state index < -0.39 is 21.7 Å². The molecule has 9 heteroatoms. The summed E-state index contributed by atoms with van der Waals surface area (Å²) in [5, 5.41) is 4.50. The molecule has 0 saturated heterocycles. The first kappa shape index (κ1) is 20.0. The van der Waals surface area contributed by atoms with Gasteiger partial charge in [-0.2, -0.15) is 4.31 Å². The van der Waals surface area contributed by atoms with Crippen LogP contribution in [0.4, 0.5) is 10.1 Å². The van der Waals surface area contributed by atoms with E-state index in [2.05, 4.69) is 5.32 Å². The second-order valence-electron chi connectivity index (χ2n) is 6.58. The summed E-state index contributed by atoms with van der Waals surface area (Å²) in [6.07, 6.45) is 0.595. The molecule has 1 amide bonds. The van der Waals surface area contributed by atoms with Crippen molar-refractivity contribution in [1.29, 1.82) is 0 Å². The Labute approximate surface area is 176 Å². The minimum Gasteiger partial charge on any atom is -0.322 e. The van der Waals surface area contributed by atoms with Gasteiger partial charge in [-0.05, 0) is 59.3 Å².